The predicted molar refractivity (Wildman–Crippen MR) is 66.9 cm³/mol. The van der Waals surface area contributed by atoms with Crippen LogP contribution in [0.2, 0.25) is 0 Å². The van der Waals surface area contributed by atoms with Crippen LogP contribution < -0.4 is 0 Å². The Morgan fingerprint density at radius 3 is 2.43 bits per heavy atom. The van der Waals surface area contributed by atoms with E-state index in [1.807, 2.05) is 0 Å². The molecular weight excluding hydrogens is 236 g/mol. The highest BCUT2D eigenvalue weighted by molar-refractivity contribution is 9.09. The van der Waals surface area contributed by atoms with E-state index in [0.29, 0.717) is 4.83 Å². The van der Waals surface area contributed by atoms with E-state index >= 15 is 0 Å². The van der Waals surface area contributed by atoms with Crippen LogP contribution in [0, 0.1) is 5.92 Å². The van der Waals surface area contributed by atoms with Crippen LogP contribution >= 0.6 is 15.9 Å². The van der Waals surface area contributed by atoms with E-state index in [0.717, 1.165) is 5.92 Å². The van der Waals surface area contributed by atoms with Crippen LogP contribution in [0.1, 0.15) is 32.3 Å². The van der Waals surface area contributed by atoms with E-state index < -0.39 is 0 Å². The van der Waals surface area contributed by atoms with Crippen LogP contribution in [-0.2, 0) is 6.42 Å². The Labute approximate surface area is 95.9 Å². The standard InChI is InChI=1S/C13H19Br/c1-3-7-13(14)11(2)10-12-8-5-4-6-9-12/h4-6,8-9,11,13H,3,7,10H2,1-2H3. The maximum atomic E-state index is 3.76. The summed E-state index contributed by atoms with van der Waals surface area (Å²) in [7, 11) is 0. The highest BCUT2D eigenvalue weighted by atomic mass is 79.9. The summed E-state index contributed by atoms with van der Waals surface area (Å²) in [5.74, 6) is 0.720. The van der Waals surface area contributed by atoms with Gasteiger partial charge in [-0.3, -0.25) is 0 Å². The first-order valence-corrected chi connectivity index (χ1v) is 6.33. The predicted octanol–water partition coefficient (Wildman–Crippen LogP) is 4.43. The van der Waals surface area contributed by atoms with Crippen LogP contribution in [-0.4, -0.2) is 4.83 Å². The molecule has 0 aliphatic heterocycles. The zero-order chi connectivity index (χ0) is 10.4. The topological polar surface area (TPSA) is 0 Å². The molecule has 1 aromatic carbocycles. The summed E-state index contributed by atoms with van der Waals surface area (Å²) in [5.41, 5.74) is 1.44. The van der Waals surface area contributed by atoms with Crippen LogP contribution in [0.4, 0.5) is 0 Å². The minimum atomic E-state index is 0.660. The van der Waals surface area contributed by atoms with Crippen molar-refractivity contribution < 1.29 is 0 Å². The van der Waals surface area contributed by atoms with Gasteiger partial charge in [0.15, 0.2) is 0 Å². The summed E-state index contributed by atoms with van der Waals surface area (Å²) in [4.78, 5) is 0.660. The van der Waals surface area contributed by atoms with E-state index in [9.17, 15) is 0 Å². The first kappa shape index (κ1) is 11.8. The smallest absolute Gasteiger partial charge is 0.0174 e. The maximum Gasteiger partial charge on any atom is 0.0174 e. The average molecular weight is 255 g/mol. The summed E-state index contributed by atoms with van der Waals surface area (Å²) in [6.45, 7) is 4.56. The SMILES string of the molecule is CCCC(Br)C(C)Cc1ccccc1. The Kier molecular flexibility index (Phi) is 5.24. The first-order valence-electron chi connectivity index (χ1n) is 5.42. The van der Waals surface area contributed by atoms with Gasteiger partial charge in [-0.05, 0) is 24.3 Å². The summed E-state index contributed by atoms with van der Waals surface area (Å²) in [6, 6.07) is 10.7. The molecule has 0 N–H and O–H groups in total. The Morgan fingerprint density at radius 1 is 1.21 bits per heavy atom. The lowest BCUT2D eigenvalue weighted by molar-refractivity contribution is 0.526. The second kappa shape index (κ2) is 6.23. The van der Waals surface area contributed by atoms with E-state index in [1.165, 1.54) is 24.8 Å². The molecule has 78 valence electrons. The molecule has 14 heavy (non-hydrogen) atoms. The van der Waals surface area contributed by atoms with Gasteiger partial charge in [-0.1, -0.05) is 66.5 Å². The fourth-order valence-corrected chi connectivity index (χ4v) is 2.32. The van der Waals surface area contributed by atoms with Crippen molar-refractivity contribution in [2.75, 3.05) is 0 Å². The van der Waals surface area contributed by atoms with Gasteiger partial charge in [0.25, 0.3) is 0 Å². The molecule has 0 aromatic heterocycles. The molecule has 0 bridgehead atoms. The minimum absolute atomic E-state index is 0.660. The maximum absolute atomic E-state index is 3.76. The van der Waals surface area contributed by atoms with E-state index in [2.05, 4.69) is 60.1 Å². The van der Waals surface area contributed by atoms with Gasteiger partial charge in [0.1, 0.15) is 0 Å². The summed E-state index contributed by atoms with van der Waals surface area (Å²) >= 11 is 3.76. The number of hydrogen-bond donors (Lipinski definition) is 0. The van der Waals surface area contributed by atoms with Crippen molar-refractivity contribution in [3.05, 3.63) is 35.9 Å². The molecule has 0 spiro atoms. The molecule has 0 amide bonds. The molecule has 0 radical (unpaired) electrons. The molecule has 0 saturated heterocycles. The van der Waals surface area contributed by atoms with Gasteiger partial charge in [-0.2, -0.15) is 0 Å². The number of rotatable bonds is 5. The molecule has 2 atom stereocenters. The summed E-state index contributed by atoms with van der Waals surface area (Å²) in [6.07, 6.45) is 3.71. The molecule has 0 aliphatic rings. The highest BCUT2D eigenvalue weighted by Gasteiger charge is 2.12. The Morgan fingerprint density at radius 2 is 1.86 bits per heavy atom. The number of benzene rings is 1. The summed E-state index contributed by atoms with van der Waals surface area (Å²) in [5, 5.41) is 0. The lowest BCUT2D eigenvalue weighted by Gasteiger charge is -2.17. The normalized spacial score (nSPS) is 15.1. The lowest BCUT2D eigenvalue weighted by atomic mass is 9.96. The van der Waals surface area contributed by atoms with Gasteiger partial charge in [0, 0.05) is 4.83 Å². The van der Waals surface area contributed by atoms with E-state index in [4.69, 9.17) is 0 Å². The fourth-order valence-electron chi connectivity index (χ4n) is 1.67. The fraction of sp³-hybridized carbons (Fsp3) is 0.538. The number of halogens is 1. The zero-order valence-corrected chi connectivity index (χ0v) is 10.6. The van der Waals surface area contributed by atoms with Crippen LogP contribution in [0.3, 0.4) is 0 Å². The van der Waals surface area contributed by atoms with Gasteiger partial charge >= 0.3 is 0 Å². The molecule has 1 aromatic rings. The van der Waals surface area contributed by atoms with Crippen molar-refractivity contribution in [1.29, 1.82) is 0 Å². The molecule has 2 unspecified atom stereocenters. The van der Waals surface area contributed by atoms with Crippen molar-refractivity contribution in [3.8, 4) is 0 Å². The molecular formula is C13H19Br. The quantitative estimate of drug-likeness (QED) is 0.683. The number of alkyl halides is 1. The van der Waals surface area contributed by atoms with Crippen molar-refractivity contribution in [1.82, 2.24) is 0 Å². The third-order valence-corrected chi connectivity index (χ3v) is 3.94. The van der Waals surface area contributed by atoms with Crippen molar-refractivity contribution >= 4 is 15.9 Å². The van der Waals surface area contributed by atoms with Gasteiger partial charge in [0.05, 0.1) is 0 Å². The monoisotopic (exact) mass is 254 g/mol. The molecule has 0 aliphatic carbocycles. The molecule has 1 rings (SSSR count). The van der Waals surface area contributed by atoms with Crippen molar-refractivity contribution in [3.63, 3.8) is 0 Å². The average Bonchev–Trinajstić information content (AvgIpc) is 2.19. The molecule has 0 fully saturated rings. The largest absolute Gasteiger partial charge is 0.0888 e. The summed E-state index contributed by atoms with van der Waals surface area (Å²) < 4.78 is 0. The molecule has 1 heteroatoms. The Hall–Kier alpha value is -0.300. The van der Waals surface area contributed by atoms with E-state index in [1.54, 1.807) is 0 Å². The van der Waals surface area contributed by atoms with Crippen molar-refractivity contribution in [2.45, 2.75) is 37.9 Å². The van der Waals surface area contributed by atoms with Crippen LogP contribution in [0.15, 0.2) is 30.3 Å². The van der Waals surface area contributed by atoms with Gasteiger partial charge in [0.2, 0.25) is 0 Å². The second-order valence-electron chi connectivity index (χ2n) is 3.97. The third kappa shape index (κ3) is 3.83. The van der Waals surface area contributed by atoms with Gasteiger partial charge < -0.3 is 0 Å². The van der Waals surface area contributed by atoms with Gasteiger partial charge in [-0.25, -0.2) is 0 Å². The molecule has 0 heterocycles. The van der Waals surface area contributed by atoms with E-state index in [-0.39, 0.29) is 0 Å². The van der Waals surface area contributed by atoms with Crippen LogP contribution in [0.25, 0.3) is 0 Å². The Balaban J connectivity index is 2.44. The number of hydrogen-bond acceptors (Lipinski definition) is 0. The van der Waals surface area contributed by atoms with Crippen molar-refractivity contribution in [2.24, 2.45) is 5.92 Å². The zero-order valence-electron chi connectivity index (χ0n) is 9.04. The molecule has 0 nitrogen and oxygen atoms in total. The van der Waals surface area contributed by atoms with Gasteiger partial charge in [-0.15, -0.1) is 0 Å². The Bertz CT molecular complexity index is 243. The lowest BCUT2D eigenvalue weighted by Crippen LogP contribution is -2.13. The highest BCUT2D eigenvalue weighted by Crippen LogP contribution is 2.21. The first-order chi connectivity index (χ1) is 6.74. The molecule has 0 saturated carbocycles. The third-order valence-electron chi connectivity index (χ3n) is 2.58. The second-order valence-corrected chi connectivity index (χ2v) is 5.15. The van der Waals surface area contributed by atoms with Crippen LogP contribution in [0.5, 0.6) is 0 Å². The minimum Gasteiger partial charge on any atom is -0.0888 e.